The highest BCUT2D eigenvalue weighted by molar-refractivity contribution is 6.64. The van der Waals surface area contributed by atoms with Gasteiger partial charge in [0, 0.05) is 0 Å². The van der Waals surface area contributed by atoms with E-state index < -0.39 is 17.7 Å². The predicted octanol–water partition coefficient (Wildman–Crippen LogP) is -0.114. The molecule has 1 amide bonds. The van der Waals surface area contributed by atoms with Gasteiger partial charge in [0.2, 0.25) is 11.6 Å². The molecule has 3 nitrogen and oxygen atoms in total. The summed E-state index contributed by atoms with van der Waals surface area (Å²) in [5, 5.41) is 1.32. The maximum Gasteiger partial charge on any atom is 0.243 e. The Morgan fingerprint density at radius 3 is 2.75 bits per heavy atom. The number of hydrogen-bond donors (Lipinski definition) is 1. The fraction of sp³-hybridized carbons (Fsp3) is 0.500. The van der Waals surface area contributed by atoms with Crippen LogP contribution in [0.3, 0.4) is 0 Å². The number of hydrogen-bond acceptors (Lipinski definition) is 2. The zero-order valence-corrected chi connectivity index (χ0v) is 5.03. The van der Waals surface area contributed by atoms with Crippen molar-refractivity contribution in [2.45, 2.75) is 13.0 Å². The van der Waals surface area contributed by atoms with Crippen LogP contribution in [-0.2, 0) is 9.59 Å². The van der Waals surface area contributed by atoms with Crippen LogP contribution < -0.4 is 5.32 Å². The van der Waals surface area contributed by atoms with Gasteiger partial charge in [-0.05, 0) is 18.5 Å². The first-order chi connectivity index (χ1) is 4.04. The van der Waals surface area contributed by atoms with Crippen molar-refractivity contribution in [3.63, 3.8) is 0 Å². The minimum atomic E-state index is -1.00. The number of halogens is 1. The Hall–Kier alpha value is -0.570. The Bertz CT molecular complexity index is 139. The molecule has 4 heteroatoms. The molecule has 0 aliphatic carbocycles. The number of carbonyl (C=O) groups is 2. The molecule has 0 rings (SSSR count). The Morgan fingerprint density at radius 2 is 2.62 bits per heavy atom. The molecule has 0 heterocycles. The lowest BCUT2D eigenvalue weighted by Crippen LogP contribution is -2.29. The van der Waals surface area contributed by atoms with Crippen LogP contribution in [0.2, 0.25) is 0 Å². The monoisotopic (exact) mass is 136 g/mol. The van der Waals surface area contributed by atoms with Gasteiger partial charge in [0.15, 0.2) is 0 Å². The number of rotatable bonds is 2. The number of nitrogens with one attached hydrogen (secondary N) is 1. The molecule has 0 fully saturated rings. The lowest BCUT2D eigenvalue weighted by atomic mass is 10.4. The van der Waals surface area contributed by atoms with Crippen LogP contribution in [0.5, 0.6) is 0 Å². The molecule has 0 bridgehead atoms. The van der Waals surface area contributed by atoms with E-state index in [4.69, 9.17) is 13.0 Å². The van der Waals surface area contributed by atoms with E-state index in [1.807, 2.05) is 5.32 Å². The summed E-state index contributed by atoms with van der Waals surface area (Å²) >= 11 is 4.94. The van der Waals surface area contributed by atoms with E-state index in [-0.39, 0.29) is 0 Å². The van der Waals surface area contributed by atoms with Crippen molar-refractivity contribution in [1.29, 1.82) is 0 Å². The van der Waals surface area contributed by atoms with E-state index in [0.29, 0.717) is 0 Å². The van der Waals surface area contributed by atoms with E-state index in [0.717, 1.165) is 0 Å². The molecule has 0 aromatic carbocycles. The van der Waals surface area contributed by atoms with Crippen LogP contribution in [-0.4, -0.2) is 17.7 Å². The third-order valence-corrected chi connectivity index (χ3v) is 0.943. The third-order valence-electron chi connectivity index (χ3n) is 0.616. The van der Waals surface area contributed by atoms with Gasteiger partial charge < -0.3 is 5.32 Å². The molecule has 0 saturated carbocycles. The Kier molecular flexibility index (Phi) is 2.39. The molecule has 0 unspecified atom stereocenters. The average molecular weight is 137 g/mol. The molecular formula is C4H6ClNO2. The first kappa shape index (κ1) is 5.56. The molecule has 0 aliphatic rings. The molecule has 0 spiro atoms. The molecule has 0 saturated heterocycles. The van der Waals surface area contributed by atoms with Gasteiger partial charge >= 0.3 is 0 Å². The van der Waals surface area contributed by atoms with E-state index >= 15 is 0 Å². The maximum absolute atomic E-state index is 10.1. The zero-order chi connectivity index (χ0) is 7.44. The van der Waals surface area contributed by atoms with Crippen LogP contribution in [0.25, 0.3) is 0 Å². The molecule has 1 atom stereocenters. The third kappa shape index (κ3) is 2.58. The molecule has 0 aliphatic heterocycles. The molecule has 0 aromatic heterocycles. The standard InChI is InChI=1S/C4H6ClNO2/c1-3(4(5)8)6-2-7/h2-3H,1H3,(H,6,7)/t3-/m0/s1/i2D. The smallest absolute Gasteiger partial charge is 0.243 e. The SMILES string of the molecule is [2H]C(=O)N[C@@H](C)C(=O)Cl. The zero-order valence-electron chi connectivity index (χ0n) is 5.27. The van der Waals surface area contributed by atoms with Crippen molar-refractivity contribution in [3.8, 4) is 0 Å². The summed E-state index contributed by atoms with van der Waals surface area (Å²) in [5.41, 5.74) is 0. The van der Waals surface area contributed by atoms with Crippen LogP contribution in [0.1, 0.15) is 8.29 Å². The van der Waals surface area contributed by atoms with E-state index in [2.05, 4.69) is 0 Å². The highest BCUT2D eigenvalue weighted by atomic mass is 35.5. The predicted molar refractivity (Wildman–Crippen MR) is 29.5 cm³/mol. The summed E-state index contributed by atoms with van der Waals surface area (Å²) in [5.74, 6) is 0. The van der Waals surface area contributed by atoms with Gasteiger partial charge in [-0.25, -0.2) is 0 Å². The van der Waals surface area contributed by atoms with Gasteiger partial charge in [0.05, 0.1) is 6.04 Å². The summed E-state index contributed by atoms with van der Waals surface area (Å²) in [6.45, 7) is 1.40. The highest BCUT2D eigenvalue weighted by Gasteiger charge is 2.05. The fourth-order valence-electron chi connectivity index (χ4n) is 0.145. The Labute approximate surface area is 53.4 Å². The van der Waals surface area contributed by atoms with E-state index in [1.165, 1.54) is 6.92 Å². The second kappa shape index (κ2) is 3.43. The van der Waals surface area contributed by atoms with Crippen LogP contribution in [0, 0.1) is 0 Å². The number of amides is 1. The minimum Gasteiger partial charge on any atom is -0.348 e. The van der Waals surface area contributed by atoms with E-state index in [9.17, 15) is 9.59 Å². The molecule has 8 heavy (non-hydrogen) atoms. The van der Waals surface area contributed by atoms with Gasteiger partial charge in [0.25, 0.3) is 0 Å². The first-order valence-corrected chi connectivity index (χ1v) is 2.38. The van der Waals surface area contributed by atoms with Crippen LogP contribution >= 0.6 is 11.6 Å². The largest absolute Gasteiger partial charge is 0.348 e. The van der Waals surface area contributed by atoms with Gasteiger partial charge in [0.1, 0.15) is 1.37 Å². The van der Waals surface area contributed by atoms with Crippen molar-refractivity contribution in [2.24, 2.45) is 0 Å². The Morgan fingerprint density at radius 1 is 2.12 bits per heavy atom. The second-order valence-corrected chi connectivity index (χ2v) is 1.64. The van der Waals surface area contributed by atoms with Gasteiger partial charge in [-0.3, -0.25) is 9.59 Å². The molecule has 0 radical (unpaired) electrons. The quantitative estimate of drug-likeness (QED) is 0.425. The average Bonchev–Trinajstić information content (AvgIpc) is 1.63. The lowest BCUT2D eigenvalue weighted by molar-refractivity contribution is -0.117. The molecule has 46 valence electrons. The molecule has 1 N–H and O–H groups in total. The highest BCUT2D eigenvalue weighted by Crippen LogP contribution is 1.86. The van der Waals surface area contributed by atoms with Crippen molar-refractivity contribution in [2.75, 3.05) is 0 Å². The summed E-state index contributed by atoms with van der Waals surface area (Å²) in [6.07, 6.45) is -1.00. The summed E-state index contributed by atoms with van der Waals surface area (Å²) in [7, 11) is 0. The lowest BCUT2D eigenvalue weighted by Gasteiger charge is -1.99. The van der Waals surface area contributed by atoms with Gasteiger partial charge in [-0.15, -0.1) is 0 Å². The fourth-order valence-corrected chi connectivity index (χ4v) is 0.200. The van der Waals surface area contributed by atoms with Crippen LogP contribution in [0.4, 0.5) is 0 Å². The minimum absolute atomic E-state index is 0.671. The normalized spacial score (nSPS) is 14.0. The second-order valence-electron chi connectivity index (χ2n) is 1.27. The summed E-state index contributed by atoms with van der Waals surface area (Å²) in [6, 6.07) is -0.767. The van der Waals surface area contributed by atoms with Crippen molar-refractivity contribution < 1.29 is 11.0 Å². The van der Waals surface area contributed by atoms with Crippen molar-refractivity contribution >= 4 is 23.2 Å². The molecule has 0 aromatic rings. The topological polar surface area (TPSA) is 46.2 Å². The van der Waals surface area contributed by atoms with Crippen molar-refractivity contribution in [3.05, 3.63) is 0 Å². The van der Waals surface area contributed by atoms with Crippen LogP contribution in [0.15, 0.2) is 0 Å². The summed E-state index contributed by atoms with van der Waals surface area (Å²) < 4.78 is 6.34. The van der Waals surface area contributed by atoms with Gasteiger partial charge in [-0.2, -0.15) is 0 Å². The van der Waals surface area contributed by atoms with E-state index in [1.54, 1.807) is 0 Å². The number of carbonyl (C=O) groups excluding carboxylic acids is 2. The molecular weight excluding hydrogens is 130 g/mol. The maximum atomic E-state index is 10.1. The first-order valence-electron chi connectivity index (χ1n) is 2.50. The van der Waals surface area contributed by atoms with Gasteiger partial charge in [-0.1, -0.05) is 0 Å². The summed E-state index contributed by atoms with van der Waals surface area (Å²) in [4.78, 5) is 20.0. The van der Waals surface area contributed by atoms with Crippen molar-refractivity contribution in [1.82, 2.24) is 5.32 Å². The Balaban J connectivity index is 3.63.